The molecule has 0 spiro atoms. The third kappa shape index (κ3) is 10.7. The Labute approximate surface area is 273 Å². The molecule has 0 bridgehead atoms. The number of urea groups is 1. The zero-order valence-corrected chi connectivity index (χ0v) is 28.0. The molecule has 1 fully saturated rings. The summed E-state index contributed by atoms with van der Waals surface area (Å²) in [5, 5.41) is 15.7. The highest BCUT2D eigenvalue weighted by atomic mass is 19.1. The Morgan fingerprint density at radius 2 is 1.67 bits per heavy atom. The van der Waals surface area contributed by atoms with E-state index in [4.69, 9.17) is 9.47 Å². The van der Waals surface area contributed by atoms with Gasteiger partial charge in [-0.15, -0.1) is 0 Å². The summed E-state index contributed by atoms with van der Waals surface area (Å²) in [6.07, 6.45) is 8.95. The Balaban J connectivity index is 1.56. The van der Waals surface area contributed by atoms with E-state index < -0.39 is 17.9 Å². The molecule has 254 valence electrons. The fourth-order valence-corrected chi connectivity index (χ4v) is 6.48. The lowest BCUT2D eigenvalue weighted by atomic mass is 9.89. The number of aliphatic hydroxyl groups is 1. The molecule has 3 amide bonds. The molecule has 1 heterocycles. The lowest BCUT2D eigenvalue weighted by Gasteiger charge is -2.36. The summed E-state index contributed by atoms with van der Waals surface area (Å²) in [6.45, 7) is 8.61. The number of hydrogen-bond acceptors (Lipinski definition) is 6. The maximum atomic E-state index is 14.3. The van der Waals surface area contributed by atoms with Crippen LogP contribution in [0.4, 0.5) is 20.6 Å². The van der Waals surface area contributed by atoms with Crippen LogP contribution in [-0.4, -0.2) is 85.0 Å². The molecule has 2 aromatic carbocycles. The van der Waals surface area contributed by atoms with Crippen LogP contribution in [-0.2, 0) is 4.74 Å². The highest BCUT2D eigenvalue weighted by molar-refractivity contribution is 6.02. The number of amides is 3. The van der Waals surface area contributed by atoms with Crippen molar-refractivity contribution in [1.29, 1.82) is 0 Å². The van der Waals surface area contributed by atoms with Crippen LogP contribution in [0.5, 0.6) is 5.75 Å². The third-order valence-electron chi connectivity index (χ3n) is 9.20. The molecule has 10 heteroatoms. The van der Waals surface area contributed by atoms with Crippen LogP contribution in [0.3, 0.4) is 0 Å². The zero-order chi connectivity index (χ0) is 33.1. The number of fused-ring (bicyclic) bond motifs is 1. The van der Waals surface area contributed by atoms with Gasteiger partial charge in [-0.2, -0.15) is 0 Å². The highest BCUT2D eigenvalue weighted by Gasteiger charge is 2.31. The number of aliphatic hydroxyl groups excluding tert-OH is 1. The molecule has 0 aromatic heterocycles. The van der Waals surface area contributed by atoms with Crippen molar-refractivity contribution in [3.63, 3.8) is 0 Å². The molecule has 2 aromatic rings. The first-order chi connectivity index (χ1) is 22.1. The number of carbonyl (C=O) groups is 2. The zero-order valence-electron chi connectivity index (χ0n) is 28.0. The van der Waals surface area contributed by atoms with Gasteiger partial charge in [-0.3, -0.25) is 4.79 Å². The van der Waals surface area contributed by atoms with Gasteiger partial charge in [0, 0.05) is 43.5 Å². The molecule has 2 aliphatic rings. The predicted molar refractivity (Wildman–Crippen MR) is 180 cm³/mol. The number of ether oxygens (including phenoxy) is 2. The van der Waals surface area contributed by atoms with Gasteiger partial charge in [-0.25, -0.2) is 9.18 Å². The second-order valence-corrected chi connectivity index (χ2v) is 13.3. The number of nitrogens with one attached hydrogen (secondary N) is 2. The maximum absolute atomic E-state index is 14.3. The smallest absolute Gasteiger partial charge is 0.323 e. The minimum atomic E-state index is -0.527. The summed E-state index contributed by atoms with van der Waals surface area (Å²) < 4.78 is 26.1. The van der Waals surface area contributed by atoms with Crippen molar-refractivity contribution in [3.05, 3.63) is 53.8 Å². The van der Waals surface area contributed by atoms with Crippen molar-refractivity contribution in [2.75, 3.05) is 50.5 Å². The minimum Gasteiger partial charge on any atom is -0.490 e. The normalized spacial score (nSPS) is 22.8. The molecule has 0 radical (unpaired) electrons. The molecule has 1 saturated carbocycles. The number of carbonyl (C=O) groups excluding carboxylic acids is 2. The summed E-state index contributed by atoms with van der Waals surface area (Å²) in [6, 6.07) is 9.51. The van der Waals surface area contributed by atoms with E-state index in [1.165, 1.54) is 56.4 Å². The standard InChI is InChI=1S/C36H53FN4O5/c1-25-21-41(26(2)24-42)35(43)32-20-31(39-36(44)38-30-15-13-29(37)14-16-30)17-18-33(32)46-27(3)10-8-9-19-45-34(25)23-40(4)22-28-11-6-5-7-12-28/h13-18,20,25-28,34,42H,5-12,19,21-24H2,1-4H3,(H2,38,39,44)/t25-,26+,27-,34-/m1/s1. The molecule has 0 unspecified atom stereocenters. The van der Waals surface area contributed by atoms with Crippen LogP contribution in [0.25, 0.3) is 0 Å². The number of rotatable bonds is 8. The van der Waals surface area contributed by atoms with E-state index >= 15 is 0 Å². The summed E-state index contributed by atoms with van der Waals surface area (Å²) in [4.78, 5) is 31.2. The third-order valence-corrected chi connectivity index (χ3v) is 9.20. The molecule has 4 atom stereocenters. The average Bonchev–Trinajstić information content (AvgIpc) is 3.04. The topological polar surface area (TPSA) is 103 Å². The fourth-order valence-electron chi connectivity index (χ4n) is 6.48. The molecule has 1 aliphatic carbocycles. The van der Waals surface area contributed by atoms with Gasteiger partial charge in [0.25, 0.3) is 5.91 Å². The van der Waals surface area contributed by atoms with Gasteiger partial charge < -0.3 is 35.0 Å². The van der Waals surface area contributed by atoms with Crippen LogP contribution in [0, 0.1) is 17.7 Å². The lowest BCUT2D eigenvalue weighted by Crippen LogP contribution is -2.47. The Kier molecular flexibility index (Phi) is 13.7. The van der Waals surface area contributed by atoms with E-state index in [9.17, 15) is 19.1 Å². The molecule has 9 nitrogen and oxygen atoms in total. The summed E-state index contributed by atoms with van der Waals surface area (Å²) in [5.74, 6) is 0.469. The first-order valence-electron chi connectivity index (χ1n) is 17.0. The van der Waals surface area contributed by atoms with E-state index in [0.29, 0.717) is 35.8 Å². The summed E-state index contributed by atoms with van der Waals surface area (Å²) >= 11 is 0. The Morgan fingerprint density at radius 3 is 2.39 bits per heavy atom. The molecule has 0 saturated heterocycles. The van der Waals surface area contributed by atoms with Crippen LogP contribution in [0.2, 0.25) is 0 Å². The number of hydrogen-bond donors (Lipinski definition) is 3. The molecular weight excluding hydrogens is 587 g/mol. The first kappa shape index (κ1) is 35.6. The highest BCUT2D eigenvalue weighted by Crippen LogP contribution is 2.29. The number of anilines is 2. The van der Waals surface area contributed by atoms with Gasteiger partial charge in [0.1, 0.15) is 11.6 Å². The molecule has 3 N–H and O–H groups in total. The molecular formula is C36H53FN4O5. The van der Waals surface area contributed by atoms with Crippen LogP contribution >= 0.6 is 0 Å². The van der Waals surface area contributed by atoms with Crippen molar-refractivity contribution >= 4 is 23.3 Å². The van der Waals surface area contributed by atoms with E-state index in [0.717, 1.165) is 38.3 Å². The maximum Gasteiger partial charge on any atom is 0.323 e. The first-order valence-corrected chi connectivity index (χ1v) is 17.0. The quantitative estimate of drug-likeness (QED) is 0.294. The van der Waals surface area contributed by atoms with Crippen LogP contribution < -0.4 is 15.4 Å². The molecule has 4 rings (SSSR count). The van der Waals surface area contributed by atoms with E-state index in [1.807, 2.05) is 13.8 Å². The van der Waals surface area contributed by atoms with Gasteiger partial charge in [-0.1, -0.05) is 26.2 Å². The van der Waals surface area contributed by atoms with Crippen molar-refractivity contribution < 1.29 is 28.6 Å². The van der Waals surface area contributed by atoms with Crippen molar-refractivity contribution in [2.24, 2.45) is 11.8 Å². The second kappa shape index (κ2) is 17.6. The Morgan fingerprint density at radius 1 is 1.00 bits per heavy atom. The minimum absolute atomic E-state index is 0.000725. The number of benzene rings is 2. The van der Waals surface area contributed by atoms with E-state index in [1.54, 1.807) is 23.1 Å². The number of nitrogens with zero attached hydrogens (tertiary/aromatic N) is 2. The number of halogens is 1. The molecule has 1 aliphatic heterocycles. The van der Waals surface area contributed by atoms with E-state index in [-0.39, 0.29) is 30.6 Å². The van der Waals surface area contributed by atoms with Crippen LogP contribution in [0.1, 0.15) is 82.5 Å². The summed E-state index contributed by atoms with van der Waals surface area (Å²) in [7, 11) is 2.17. The van der Waals surface area contributed by atoms with Crippen LogP contribution in [0.15, 0.2) is 42.5 Å². The fraction of sp³-hybridized carbons (Fsp3) is 0.611. The number of likely N-dealkylation sites (N-methyl/N-ethyl adjacent to an activating group) is 1. The van der Waals surface area contributed by atoms with Gasteiger partial charge >= 0.3 is 6.03 Å². The van der Waals surface area contributed by atoms with Gasteiger partial charge in [0.15, 0.2) is 0 Å². The van der Waals surface area contributed by atoms with Crippen molar-refractivity contribution in [2.45, 2.75) is 90.4 Å². The Hall–Kier alpha value is -3.21. The van der Waals surface area contributed by atoms with Crippen molar-refractivity contribution in [3.8, 4) is 5.75 Å². The summed E-state index contributed by atoms with van der Waals surface area (Å²) in [5.41, 5.74) is 1.14. The van der Waals surface area contributed by atoms with E-state index in [2.05, 4.69) is 29.5 Å². The average molecular weight is 641 g/mol. The van der Waals surface area contributed by atoms with Gasteiger partial charge in [-0.05, 0) is 101 Å². The lowest BCUT2D eigenvalue weighted by molar-refractivity contribution is -0.0190. The second-order valence-electron chi connectivity index (χ2n) is 13.3. The molecule has 46 heavy (non-hydrogen) atoms. The van der Waals surface area contributed by atoms with Crippen molar-refractivity contribution in [1.82, 2.24) is 9.80 Å². The Bertz CT molecular complexity index is 1260. The monoisotopic (exact) mass is 640 g/mol. The van der Waals surface area contributed by atoms with Gasteiger partial charge in [0.2, 0.25) is 0 Å². The SMILES string of the molecule is C[C@@H]1CCCCO[C@H](CN(C)CC2CCCCC2)[C@H](C)CN([C@@H](C)CO)C(=O)c2cc(NC(=O)Nc3ccc(F)cc3)ccc2O1. The largest absolute Gasteiger partial charge is 0.490 e. The predicted octanol–water partition coefficient (Wildman–Crippen LogP) is 6.78. The van der Waals surface area contributed by atoms with Gasteiger partial charge in [0.05, 0.1) is 30.4 Å².